The van der Waals surface area contributed by atoms with Crippen molar-refractivity contribution in [3.63, 3.8) is 0 Å². The van der Waals surface area contributed by atoms with Gasteiger partial charge >= 0.3 is 0 Å². The lowest BCUT2D eigenvalue weighted by Crippen LogP contribution is -2.30. The second-order valence-corrected chi connectivity index (χ2v) is 7.11. The number of rotatable bonds is 2. The molecular formula is C16H17N5O2S. The molecular weight excluding hydrogens is 326 g/mol. The highest BCUT2D eigenvalue weighted by atomic mass is 32.1. The second-order valence-electron chi connectivity index (χ2n) is 6.06. The standard InChI is InChI=1S/C16H17N5O2S/c1-8-10(7-17-20-8)13-6-11-14(24-13)16(23)19-15(18-11)12-4-3-5-21(12)9(2)22/h6-7,12H,3-5H2,1-2H3,(H,17,20)(H,18,19,23). The lowest BCUT2D eigenvalue weighted by Gasteiger charge is -2.22. The summed E-state index contributed by atoms with van der Waals surface area (Å²) in [6.07, 6.45) is 3.50. The Labute approximate surface area is 141 Å². The highest BCUT2D eigenvalue weighted by Crippen LogP contribution is 2.34. The SMILES string of the molecule is CC(=O)N1CCCC1c1nc2cc(-c3cn[nH]c3C)sc2c(=O)[nH]1. The number of nitrogens with zero attached hydrogens (tertiary/aromatic N) is 3. The molecule has 124 valence electrons. The van der Waals surface area contributed by atoms with E-state index in [1.54, 1.807) is 18.0 Å². The van der Waals surface area contributed by atoms with Gasteiger partial charge in [0.1, 0.15) is 10.5 Å². The first-order chi connectivity index (χ1) is 11.5. The number of aryl methyl sites for hydroxylation is 1. The van der Waals surface area contributed by atoms with E-state index in [-0.39, 0.29) is 17.5 Å². The van der Waals surface area contributed by atoms with Gasteiger partial charge in [-0.3, -0.25) is 14.7 Å². The number of thiophene rings is 1. The molecule has 0 aliphatic carbocycles. The lowest BCUT2D eigenvalue weighted by atomic mass is 10.2. The van der Waals surface area contributed by atoms with E-state index in [2.05, 4.69) is 20.2 Å². The molecule has 4 heterocycles. The number of nitrogens with one attached hydrogen (secondary N) is 2. The van der Waals surface area contributed by atoms with E-state index in [0.29, 0.717) is 22.6 Å². The predicted octanol–water partition coefficient (Wildman–Crippen LogP) is 2.37. The molecule has 1 unspecified atom stereocenters. The van der Waals surface area contributed by atoms with Crippen LogP contribution in [0.4, 0.5) is 0 Å². The second kappa shape index (κ2) is 5.55. The summed E-state index contributed by atoms with van der Waals surface area (Å²) in [5.74, 6) is 0.591. The lowest BCUT2D eigenvalue weighted by molar-refractivity contribution is -0.129. The number of aromatic amines is 2. The zero-order chi connectivity index (χ0) is 16.8. The van der Waals surface area contributed by atoms with Crippen LogP contribution in [0.15, 0.2) is 17.1 Å². The number of carbonyl (C=O) groups excluding carboxylic acids is 1. The molecule has 0 spiro atoms. The Morgan fingerprint density at radius 3 is 3.00 bits per heavy atom. The number of aromatic nitrogens is 4. The fourth-order valence-electron chi connectivity index (χ4n) is 3.28. The molecule has 0 bridgehead atoms. The van der Waals surface area contributed by atoms with Gasteiger partial charge in [0.15, 0.2) is 0 Å². The van der Waals surface area contributed by atoms with Crippen molar-refractivity contribution in [2.45, 2.75) is 32.7 Å². The largest absolute Gasteiger partial charge is 0.333 e. The molecule has 1 fully saturated rings. The fourth-order valence-corrected chi connectivity index (χ4v) is 4.33. The molecule has 0 radical (unpaired) electrons. The summed E-state index contributed by atoms with van der Waals surface area (Å²) in [5, 5.41) is 6.94. The Kier molecular flexibility index (Phi) is 3.49. The van der Waals surface area contributed by atoms with Crippen LogP contribution < -0.4 is 5.56 Å². The Balaban J connectivity index is 1.81. The Morgan fingerprint density at radius 1 is 1.46 bits per heavy atom. The van der Waals surface area contributed by atoms with Gasteiger partial charge in [-0.1, -0.05) is 0 Å². The number of hydrogen-bond acceptors (Lipinski definition) is 5. The third-order valence-corrected chi connectivity index (χ3v) is 5.63. The zero-order valence-electron chi connectivity index (χ0n) is 13.4. The van der Waals surface area contributed by atoms with Gasteiger partial charge in [-0.15, -0.1) is 11.3 Å². The van der Waals surface area contributed by atoms with E-state index < -0.39 is 0 Å². The average molecular weight is 343 g/mol. The number of carbonyl (C=O) groups is 1. The van der Waals surface area contributed by atoms with Gasteiger partial charge in [0, 0.05) is 29.6 Å². The quantitative estimate of drug-likeness (QED) is 0.747. The Hall–Kier alpha value is -2.48. The third kappa shape index (κ3) is 2.34. The Morgan fingerprint density at radius 2 is 2.29 bits per heavy atom. The van der Waals surface area contributed by atoms with Crippen LogP contribution in [-0.2, 0) is 4.79 Å². The van der Waals surface area contributed by atoms with Crippen LogP contribution >= 0.6 is 11.3 Å². The maximum Gasteiger partial charge on any atom is 0.268 e. The molecule has 1 aliphatic heterocycles. The highest BCUT2D eigenvalue weighted by Gasteiger charge is 2.30. The monoisotopic (exact) mass is 343 g/mol. The summed E-state index contributed by atoms with van der Waals surface area (Å²) < 4.78 is 0.599. The van der Waals surface area contributed by atoms with Crippen LogP contribution in [-0.4, -0.2) is 37.5 Å². The topological polar surface area (TPSA) is 94.7 Å². The summed E-state index contributed by atoms with van der Waals surface area (Å²) in [7, 11) is 0. The molecule has 2 N–H and O–H groups in total. The van der Waals surface area contributed by atoms with Crippen molar-refractivity contribution in [1.82, 2.24) is 25.1 Å². The number of hydrogen-bond donors (Lipinski definition) is 2. The first kappa shape index (κ1) is 15.1. The molecule has 8 heteroatoms. The van der Waals surface area contributed by atoms with Crippen LogP contribution in [0, 0.1) is 6.92 Å². The number of likely N-dealkylation sites (tertiary alicyclic amines) is 1. The molecule has 1 atom stereocenters. The molecule has 4 rings (SSSR count). The first-order valence-electron chi connectivity index (χ1n) is 7.86. The summed E-state index contributed by atoms with van der Waals surface area (Å²) in [5.41, 5.74) is 2.45. The first-order valence-corrected chi connectivity index (χ1v) is 8.67. The Bertz CT molecular complexity index is 986. The van der Waals surface area contributed by atoms with Crippen molar-refractivity contribution in [2.24, 2.45) is 0 Å². The molecule has 0 saturated carbocycles. The normalized spacial score (nSPS) is 17.8. The molecule has 1 aliphatic rings. The van der Waals surface area contributed by atoms with Crippen LogP contribution in [0.5, 0.6) is 0 Å². The van der Waals surface area contributed by atoms with E-state index in [4.69, 9.17) is 0 Å². The molecule has 1 saturated heterocycles. The number of amides is 1. The average Bonchev–Trinajstić information content (AvgIpc) is 3.24. The van der Waals surface area contributed by atoms with Crippen molar-refractivity contribution >= 4 is 27.5 Å². The predicted molar refractivity (Wildman–Crippen MR) is 91.9 cm³/mol. The van der Waals surface area contributed by atoms with E-state index in [0.717, 1.165) is 29.0 Å². The van der Waals surface area contributed by atoms with Crippen molar-refractivity contribution in [2.75, 3.05) is 6.54 Å². The van der Waals surface area contributed by atoms with Gasteiger partial charge in [-0.25, -0.2) is 4.98 Å². The number of H-pyrrole nitrogens is 2. The molecule has 24 heavy (non-hydrogen) atoms. The minimum Gasteiger partial charge on any atom is -0.333 e. The zero-order valence-corrected chi connectivity index (χ0v) is 14.2. The van der Waals surface area contributed by atoms with Gasteiger partial charge in [0.25, 0.3) is 5.56 Å². The van der Waals surface area contributed by atoms with Crippen molar-refractivity contribution in [3.8, 4) is 10.4 Å². The summed E-state index contributed by atoms with van der Waals surface area (Å²) in [6.45, 7) is 4.21. The van der Waals surface area contributed by atoms with Crippen molar-refractivity contribution in [1.29, 1.82) is 0 Å². The molecule has 1 amide bonds. The number of fused-ring (bicyclic) bond motifs is 1. The summed E-state index contributed by atoms with van der Waals surface area (Å²) in [6, 6.07) is 1.78. The van der Waals surface area contributed by atoms with Crippen LogP contribution in [0.25, 0.3) is 20.7 Å². The van der Waals surface area contributed by atoms with Gasteiger partial charge in [-0.05, 0) is 25.8 Å². The van der Waals surface area contributed by atoms with Gasteiger partial charge in [-0.2, -0.15) is 5.10 Å². The van der Waals surface area contributed by atoms with Crippen molar-refractivity contribution in [3.05, 3.63) is 34.1 Å². The highest BCUT2D eigenvalue weighted by molar-refractivity contribution is 7.22. The minimum absolute atomic E-state index is 0.0141. The fraction of sp³-hybridized carbons (Fsp3) is 0.375. The molecule has 0 aromatic carbocycles. The van der Waals surface area contributed by atoms with Crippen LogP contribution in [0.1, 0.15) is 37.3 Å². The molecule has 3 aromatic heterocycles. The van der Waals surface area contributed by atoms with E-state index >= 15 is 0 Å². The van der Waals surface area contributed by atoms with Gasteiger partial charge in [0.05, 0.1) is 17.8 Å². The van der Waals surface area contributed by atoms with Gasteiger partial charge < -0.3 is 9.88 Å². The maximum absolute atomic E-state index is 12.5. The van der Waals surface area contributed by atoms with E-state index in [9.17, 15) is 9.59 Å². The summed E-state index contributed by atoms with van der Waals surface area (Å²) >= 11 is 1.41. The van der Waals surface area contributed by atoms with Crippen LogP contribution in [0.2, 0.25) is 0 Å². The van der Waals surface area contributed by atoms with Crippen molar-refractivity contribution < 1.29 is 4.79 Å². The smallest absolute Gasteiger partial charge is 0.268 e. The van der Waals surface area contributed by atoms with Gasteiger partial charge in [0.2, 0.25) is 5.91 Å². The maximum atomic E-state index is 12.5. The van der Waals surface area contributed by atoms with E-state index in [1.807, 2.05) is 13.0 Å². The summed E-state index contributed by atoms with van der Waals surface area (Å²) in [4.78, 5) is 34.5. The van der Waals surface area contributed by atoms with Crippen LogP contribution in [0.3, 0.4) is 0 Å². The van der Waals surface area contributed by atoms with E-state index in [1.165, 1.54) is 11.3 Å². The molecule has 7 nitrogen and oxygen atoms in total. The minimum atomic E-state index is -0.150. The third-order valence-electron chi connectivity index (χ3n) is 4.47. The molecule has 3 aromatic rings.